The molecule has 266 valence electrons. The molecule has 0 amide bonds. The summed E-state index contributed by atoms with van der Waals surface area (Å²) in [5.74, 6) is 0. The fraction of sp³-hybridized carbons (Fsp3) is 0. The van der Waals surface area contributed by atoms with E-state index in [4.69, 9.17) is 0 Å². The van der Waals surface area contributed by atoms with Crippen molar-refractivity contribution in [2.24, 2.45) is 0 Å². The summed E-state index contributed by atoms with van der Waals surface area (Å²) in [5.41, 5.74) is 14.5. The van der Waals surface area contributed by atoms with Crippen LogP contribution in [0.25, 0.3) is 109 Å². The molecule has 3 heterocycles. The summed E-state index contributed by atoms with van der Waals surface area (Å²) < 4.78 is 7.54. The van der Waals surface area contributed by atoms with Gasteiger partial charge in [-0.2, -0.15) is 0 Å². The Balaban J connectivity index is 0.963. The van der Waals surface area contributed by atoms with E-state index in [0.717, 1.165) is 11.4 Å². The van der Waals surface area contributed by atoms with E-state index in [2.05, 4.69) is 215 Å². The van der Waals surface area contributed by atoms with Crippen LogP contribution in [0.2, 0.25) is 0 Å². The van der Waals surface area contributed by atoms with Crippen LogP contribution in [-0.2, 0) is 0 Å². The summed E-state index contributed by atoms with van der Waals surface area (Å²) in [4.78, 5) is 0. The first-order chi connectivity index (χ1) is 28.3. The Bertz CT molecular complexity index is 3490. The van der Waals surface area contributed by atoms with Gasteiger partial charge in [-0.3, -0.25) is 0 Å². The van der Waals surface area contributed by atoms with Crippen LogP contribution in [0.15, 0.2) is 206 Å². The zero-order chi connectivity index (χ0) is 37.5. The predicted molar refractivity (Wildman–Crippen MR) is 244 cm³/mol. The molecule has 0 saturated carbocycles. The molecule has 0 N–H and O–H groups in total. The molecule has 0 atom stereocenters. The SMILES string of the molecule is c1ccc(-n2c3ccccc3c3cccc(-c4ccc5c6ccccc6n(-c6ccc(-c7ccc(-c8cccc9c8sc8ccccc89)cc7)cc6)c5c4)c32)cc1. The van der Waals surface area contributed by atoms with E-state index in [1.54, 1.807) is 0 Å². The quantitative estimate of drug-likeness (QED) is 0.166. The number of fused-ring (bicyclic) bond motifs is 9. The molecule has 3 heteroatoms. The maximum absolute atomic E-state index is 2.43. The molecule has 0 bridgehead atoms. The van der Waals surface area contributed by atoms with Gasteiger partial charge in [0.1, 0.15) is 0 Å². The highest BCUT2D eigenvalue weighted by Crippen LogP contribution is 2.42. The van der Waals surface area contributed by atoms with Gasteiger partial charge in [0.15, 0.2) is 0 Å². The van der Waals surface area contributed by atoms with E-state index < -0.39 is 0 Å². The first-order valence-corrected chi connectivity index (χ1v) is 20.3. The Hall–Kier alpha value is -7.20. The monoisotopic (exact) mass is 742 g/mol. The second-order valence-electron chi connectivity index (χ2n) is 14.9. The molecule has 12 rings (SSSR count). The molecule has 0 aliphatic heterocycles. The number of rotatable bonds is 5. The van der Waals surface area contributed by atoms with Crippen LogP contribution in [0.1, 0.15) is 0 Å². The van der Waals surface area contributed by atoms with Gasteiger partial charge in [0, 0.05) is 58.7 Å². The van der Waals surface area contributed by atoms with Crippen molar-refractivity contribution in [1.82, 2.24) is 9.13 Å². The van der Waals surface area contributed by atoms with Crippen molar-refractivity contribution in [1.29, 1.82) is 0 Å². The van der Waals surface area contributed by atoms with Crippen molar-refractivity contribution >= 4 is 75.1 Å². The van der Waals surface area contributed by atoms with Gasteiger partial charge in [0.2, 0.25) is 0 Å². The number of para-hydroxylation sites is 4. The number of nitrogens with zero attached hydrogens (tertiary/aromatic N) is 2. The minimum Gasteiger partial charge on any atom is -0.309 e. The Kier molecular flexibility index (Phi) is 7.13. The van der Waals surface area contributed by atoms with Crippen molar-refractivity contribution in [3.8, 4) is 44.8 Å². The van der Waals surface area contributed by atoms with E-state index in [-0.39, 0.29) is 0 Å². The highest BCUT2D eigenvalue weighted by atomic mass is 32.1. The largest absolute Gasteiger partial charge is 0.309 e. The second kappa shape index (κ2) is 12.7. The molecular formula is C54H34N2S. The Morgan fingerprint density at radius 1 is 0.298 bits per heavy atom. The van der Waals surface area contributed by atoms with Gasteiger partial charge in [-0.15, -0.1) is 11.3 Å². The third-order valence-corrected chi connectivity index (χ3v) is 13.0. The van der Waals surface area contributed by atoms with Crippen LogP contribution < -0.4 is 0 Å². The molecule has 3 aromatic heterocycles. The third-order valence-electron chi connectivity index (χ3n) is 11.8. The molecule has 0 aliphatic carbocycles. The molecule has 0 spiro atoms. The van der Waals surface area contributed by atoms with Gasteiger partial charge in [0.05, 0.1) is 22.1 Å². The zero-order valence-corrected chi connectivity index (χ0v) is 31.7. The van der Waals surface area contributed by atoms with Gasteiger partial charge in [-0.1, -0.05) is 158 Å². The molecule has 0 saturated heterocycles. The van der Waals surface area contributed by atoms with Crippen LogP contribution in [0.5, 0.6) is 0 Å². The highest BCUT2D eigenvalue weighted by molar-refractivity contribution is 7.26. The lowest BCUT2D eigenvalue weighted by Crippen LogP contribution is -1.96. The molecule has 9 aromatic carbocycles. The Labute approximate surface area is 333 Å². The number of thiophene rings is 1. The van der Waals surface area contributed by atoms with Gasteiger partial charge in [-0.25, -0.2) is 0 Å². The molecule has 12 aromatic rings. The predicted octanol–water partition coefficient (Wildman–Crippen LogP) is 15.2. The summed E-state index contributed by atoms with van der Waals surface area (Å²) in [6, 6.07) is 75.6. The Morgan fingerprint density at radius 3 is 1.60 bits per heavy atom. The second-order valence-corrected chi connectivity index (χ2v) is 15.9. The van der Waals surface area contributed by atoms with Crippen LogP contribution in [0.4, 0.5) is 0 Å². The topological polar surface area (TPSA) is 9.86 Å². The minimum absolute atomic E-state index is 1.15. The van der Waals surface area contributed by atoms with E-state index in [9.17, 15) is 0 Å². The zero-order valence-electron chi connectivity index (χ0n) is 30.9. The fourth-order valence-electron chi connectivity index (χ4n) is 9.13. The minimum atomic E-state index is 1.15. The van der Waals surface area contributed by atoms with Crippen molar-refractivity contribution in [3.05, 3.63) is 206 Å². The fourth-order valence-corrected chi connectivity index (χ4v) is 10.4. The molecular weight excluding hydrogens is 709 g/mol. The van der Waals surface area contributed by atoms with Gasteiger partial charge < -0.3 is 9.13 Å². The lowest BCUT2D eigenvalue weighted by molar-refractivity contribution is 1.18. The number of hydrogen-bond acceptors (Lipinski definition) is 1. The van der Waals surface area contributed by atoms with Crippen LogP contribution >= 0.6 is 11.3 Å². The molecule has 0 fully saturated rings. The van der Waals surface area contributed by atoms with Gasteiger partial charge >= 0.3 is 0 Å². The number of benzene rings is 9. The average Bonchev–Trinajstić information content (AvgIpc) is 3.94. The summed E-state index contributed by atoms with van der Waals surface area (Å²) in [6.45, 7) is 0. The normalized spacial score (nSPS) is 11.9. The molecule has 0 radical (unpaired) electrons. The number of aromatic nitrogens is 2. The van der Waals surface area contributed by atoms with E-state index in [1.165, 1.54) is 97.2 Å². The smallest absolute Gasteiger partial charge is 0.0619 e. The lowest BCUT2D eigenvalue weighted by atomic mass is 9.99. The van der Waals surface area contributed by atoms with Crippen molar-refractivity contribution in [3.63, 3.8) is 0 Å². The van der Waals surface area contributed by atoms with Crippen LogP contribution in [0.3, 0.4) is 0 Å². The molecule has 0 aliphatic rings. The number of hydrogen-bond donors (Lipinski definition) is 0. The molecule has 2 nitrogen and oxygen atoms in total. The van der Waals surface area contributed by atoms with Crippen molar-refractivity contribution in [2.75, 3.05) is 0 Å². The lowest BCUT2D eigenvalue weighted by Gasteiger charge is -2.13. The van der Waals surface area contributed by atoms with Gasteiger partial charge in [-0.05, 0) is 76.3 Å². The van der Waals surface area contributed by atoms with Crippen molar-refractivity contribution < 1.29 is 0 Å². The van der Waals surface area contributed by atoms with Gasteiger partial charge in [0.25, 0.3) is 0 Å². The van der Waals surface area contributed by atoms with Crippen LogP contribution in [0, 0.1) is 0 Å². The van der Waals surface area contributed by atoms with E-state index in [1.807, 2.05) is 11.3 Å². The Morgan fingerprint density at radius 2 is 0.825 bits per heavy atom. The first kappa shape index (κ1) is 32.1. The third kappa shape index (κ3) is 4.96. The maximum atomic E-state index is 2.43. The van der Waals surface area contributed by atoms with Crippen molar-refractivity contribution in [2.45, 2.75) is 0 Å². The van der Waals surface area contributed by atoms with E-state index >= 15 is 0 Å². The molecule has 0 unspecified atom stereocenters. The molecule has 57 heavy (non-hydrogen) atoms. The standard InChI is InChI=1S/C54H34N2S/c1-2-12-39(13-3-1)56-50-22-8-5-15-44(50)47-19-10-17-41(53(47)56)38-30-33-45-43-14-4-7-21-49(43)55(51(45)34-38)40-31-28-36(29-32-40)35-24-26-37(27-25-35)42-18-11-20-48-46-16-6-9-23-52(46)57-54(42)48/h1-34H. The summed E-state index contributed by atoms with van der Waals surface area (Å²) >= 11 is 1.88. The maximum Gasteiger partial charge on any atom is 0.0619 e. The highest BCUT2D eigenvalue weighted by Gasteiger charge is 2.19. The summed E-state index contributed by atoms with van der Waals surface area (Å²) in [5, 5.41) is 7.68. The van der Waals surface area contributed by atoms with Crippen LogP contribution in [-0.4, -0.2) is 9.13 Å². The average molecular weight is 743 g/mol. The summed E-state index contributed by atoms with van der Waals surface area (Å²) in [6.07, 6.45) is 0. The van der Waals surface area contributed by atoms with E-state index in [0.29, 0.717) is 0 Å². The summed E-state index contributed by atoms with van der Waals surface area (Å²) in [7, 11) is 0. The first-order valence-electron chi connectivity index (χ1n) is 19.5.